The monoisotopic (exact) mass is 326 g/mol. The number of hydrogen-bond donors (Lipinski definition) is 2. The van der Waals surface area contributed by atoms with Gasteiger partial charge in [-0.2, -0.15) is 13.2 Å². The number of carbonyl (C=O) groups is 1. The van der Waals surface area contributed by atoms with Gasteiger partial charge in [0, 0.05) is 12.5 Å². The van der Waals surface area contributed by atoms with Crippen molar-refractivity contribution in [1.82, 2.24) is 10.6 Å². The van der Waals surface area contributed by atoms with Gasteiger partial charge in [-0.05, 0) is 55.8 Å². The van der Waals surface area contributed by atoms with E-state index in [1.807, 2.05) is 0 Å². The van der Waals surface area contributed by atoms with E-state index in [2.05, 4.69) is 10.6 Å². The number of amides is 1. The number of halogens is 3. The van der Waals surface area contributed by atoms with E-state index in [-0.39, 0.29) is 35.8 Å². The van der Waals surface area contributed by atoms with Crippen LogP contribution in [0.1, 0.15) is 30.4 Å². The molecule has 1 aliphatic carbocycles. The first kappa shape index (κ1) is 16.3. The molecule has 0 aromatic heterocycles. The van der Waals surface area contributed by atoms with E-state index >= 15 is 0 Å². The summed E-state index contributed by atoms with van der Waals surface area (Å²) in [7, 11) is 0. The summed E-state index contributed by atoms with van der Waals surface area (Å²) in [5.41, 5.74) is -0.234. The number of piperidine rings is 1. The van der Waals surface area contributed by atoms with Crippen LogP contribution in [0.2, 0.25) is 0 Å². The highest BCUT2D eigenvalue weighted by atomic mass is 19.4. The molecule has 1 saturated heterocycles. The van der Waals surface area contributed by atoms with E-state index in [9.17, 15) is 18.0 Å². The molecule has 6 heteroatoms. The van der Waals surface area contributed by atoms with Crippen molar-refractivity contribution in [2.75, 3.05) is 19.6 Å². The molecule has 126 valence electrons. The number of benzene rings is 1. The summed E-state index contributed by atoms with van der Waals surface area (Å²) in [5.74, 6) is 0.0406. The standard InChI is InChI=1S/C17H21F3N2O/c18-17(19,20)13-4-2-1-3-12(13)5-8-22-15(23)14-11-16(14)6-9-21-10-7-16/h1-4,14,21H,5-11H2,(H,22,23). The second-order valence-corrected chi connectivity index (χ2v) is 6.57. The third-order valence-electron chi connectivity index (χ3n) is 5.12. The molecule has 0 radical (unpaired) electrons. The van der Waals surface area contributed by atoms with Crippen LogP contribution in [0.4, 0.5) is 13.2 Å². The Balaban J connectivity index is 1.52. The molecule has 1 amide bonds. The highest BCUT2D eigenvalue weighted by Crippen LogP contribution is 2.58. The molecule has 1 spiro atoms. The van der Waals surface area contributed by atoms with E-state index in [4.69, 9.17) is 0 Å². The summed E-state index contributed by atoms with van der Waals surface area (Å²) in [6.45, 7) is 2.14. The summed E-state index contributed by atoms with van der Waals surface area (Å²) in [4.78, 5) is 12.2. The van der Waals surface area contributed by atoms with Crippen LogP contribution in [-0.2, 0) is 17.4 Å². The molecule has 1 heterocycles. The molecule has 1 aromatic carbocycles. The van der Waals surface area contributed by atoms with Gasteiger partial charge in [0.15, 0.2) is 0 Å². The molecule has 1 atom stereocenters. The lowest BCUT2D eigenvalue weighted by atomic mass is 9.92. The van der Waals surface area contributed by atoms with Crippen molar-refractivity contribution < 1.29 is 18.0 Å². The van der Waals surface area contributed by atoms with E-state index < -0.39 is 11.7 Å². The number of rotatable bonds is 4. The third kappa shape index (κ3) is 3.52. The van der Waals surface area contributed by atoms with Gasteiger partial charge in [-0.3, -0.25) is 4.79 Å². The van der Waals surface area contributed by atoms with Crippen LogP contribution in [-0.4, -0.2) is 25.5 Å². The second kappa shape index (κ2) is 6.15. The van der Waals surface area contributed by atoms with E-state index in [0.717, 1.165) is 38.4 Å². The van der Waals surface area contributed by atoms with Crippen LogP contribution in [0, 0.1) is 11.3 Å². The predicted octanol–water partition coefficient (Wildman–Crippen LogP) is 2.75. The van der Waals surface area contributed by atoms with Gasteiger partial charge in [0.1, 0.15) is 0 Å². The molecule has 2 aliphatic rings. The minimum atomic E-state index is -4.35. The van der Waals surface area contributed by atoms with E-state index in [1.165, 1.54) is 12.1 Å². The van der Waals surface area contributed by atoms with Crippen LogP contribution in [0.3, 0.4) is 0 Å². The number of carbonyl (C=O) groups excluding carboxylic acids is 1. The van der Waals surface area contributed by atoms with Crippen molar-refractivity contribution in [1.29, 1.82) is 0 Å². The Morgan fingerprint density at radius 1 is 1.26 bits per heavy atom. The van der Waals surface area contributed by atoms with Gasteiger partial charge in [-0.1, -0.05) is 18.2 Å². The Bertz CT molecular complexity index is 579. The molecule has 1 aromatic rings. The molecule has 1 aliphatic heterocycles. The Kier molecular flexibility index (Phi) is 4.36. The zero-order valence-corrected chi connectivity index (χ0v) is 12.9. The highest BCUT2D eigenvalue weighted by Gasteiger charge is 2.57. The quantitative estimate of drug-likeness (QED) is 0.893. The first-order chi connectivity index (χ1) is 10.9. The molecule has 1 saturated carbocycles. The maximum atomic E-state index is 12.9. The van der Waals surface area contributed by atoms with Crippen LogP contribution in [0.25, 0.3) is 0 Å². The second-order valence-electron chi connectivity index (χ2n) is 6.57. The first-order valence-corrected chi connectivity index (χ1v) is 8.06. The van der Waals surface area contributed by atoms with Crippen molar-refractivity contribution in [3.63, 3.8) is 0 Å². The zero-order valence-electron chi connectivity index (χ0n) is 12.9. The Labute approximate surface area is 133 Å². The SMILES string of the molecule is O=C(NCCc1ccccc1C(F)(F)F)C1CC12CCNCC2. The van der Waals surface area contributed by atoms with Crippen LogP contribution in [0.15, 0.2) is 24.3 Å². The Morgan fingerprint density at radius 2 is 1.96 bits per heavy atom. The maximum Gasteiger partial charge on any atom is 0.416 e. The van der Waals surface area contributed by atoms with Gasteiger partial charge in [0.25, 0.3) is 0 Å². The third-order valence-corrected chi connectivity index (χ3v) is 5.12. The molecular weight excluding hydrogens is 305 g/mol. The predicted molar refractivity (Wildman–Crippen MR) is 80.8 cm³/mol. The summed E-state index contributed by atoms with van der Waals surface area (Å²) in [6, 6.07) is 5.54. The minimum Gasteiger partial charge on any atom is -0.356 e. The fourth-order valence-corrected chi connectivity index (χ4v) is 3.65. The Morgan fingerprint density at radius 3 is 2.65 bits per heavy atom. The number of alkyl halides is 3. The van der Waals surface area contributed by atoms with Gasteiger partial charge < -0.3 is 10.6 Å². The molecule has 2 fully saturated rings. The molecule has 1 unspecified atom stereocenters. The highest BCUT2D eigenvalue weighted by molar-refractivity contribution is 5.82. The lowest BCUT2D eigenvalue weighted by Gasteiger charge is -2.23. The molecule has 23 heavy (non-hydrogen) atoms. The molecule has 3 rings (SSSR count). The van der Waals surface area contributed by atoms with Gasteiger partial charge >= 0.3 is 6.18 Å². The van der Waals surface area contributed by atoms with Crippen molar-refractivity contribution in [3.05, 3.63) is 35.4 Å². The molecule has 3 nitrogen and oxygen atoms in total. The molecular formula is C17H21F3N2O. The molecule has 0 bridgehead atoms. The molecule has 2 N–H and O–H groups in total. The Hall–Kier alpha value is -1.56. The van der Waals surface area contributed by atoms with Crippen LogP contribution < -0.4 is 10.6 Å². The fraction of sp³-hybridized carbons (Fsp3) is 0.588. The van der Waals surface area contributed by atoms with Gasteiger partial charge in [0.2, 0.25) is 5.91 Å². The van der Waals surface area contributed by atoms with E-state index in [1.54, 1.807) is 6.07 Å². The number of hydrogen-bond acceptors (Lipinski definition) is 2. The topological polar surface area (TPSA) is 41.1 Å². The summed E-state index contributed by atoms with van der Waals surface area (Å²) in [5, 5.41) is 6.10. The van der Waals surface area contributed by atoms with Gasteiger partial charge in [0.05, 0.1) is 5.56 Å². The van der Waals surface area contributed by atoms with Crippen molar-refractivity contribution in [2.45, 2.75) is 31.9 Å². The lowest BCUT2D eigenvalue weighted by molar-refractivity contribution is -0.138. The maximum absolute atomic E-state index is 12.9. The lowest BCUT2D eigenvalue weighted by Crippen LogP contribution is -2.34. The summed E-state index contributed by atoms with van der Waals surface area (Å²) in [6.07, 6.45) is -1.21. The number of nitrogens with one attached hydrogen (secondary N) is 2. The average molecular weight is 326 g/mol. The largest absolute Gasteiger partial charge is 0.416 e. The zero-order chi connectivity index (χ0) is 16.5. The average Bonchev–Trinajstić information content (AvgIpc) is 3.20. The van der Waals surface area contributed by atoms with Gasteiger partial charge in [-0.25, -0.2) is 0 Å². The fourth-order valence-electron chi connectivity index (χ4n) is 3.65. The smallest absolute Gasteiger partial charge is 0.356 e. The van der Waals surface area contributed by atoms with Gasteiger partial charge in [-0.15, -0.1) is 0 Å². The first-order valence-electron chi connectivity index (χ1n) is 8.06. The van der Waals surface area contributed by atoms with E-state index in [0.29, 0.717) is 0 Å². The van der Waals surface area contributed by atoms with Crippen molar-refractivity contribution >= 4 is 5.91 Å². The van der Waals surface area contributed by atoms with Crippen LogP contribution >= 0.6 is 0 Å². The van der Waals surface area contributed by atoms with Crippen molar-refractivity contribution in [2.24, 2.45) is 11.3 Å². The van der Waals surface area contributed by atoms with Crippen molar-refractivity contribution in [3.8, 4) is 0 Å². The van der Waals surface area contributed by atoms with Crippen LogP contribution in [0.5, 0.6) is 0 Å². The minimum absolute atomic E-state index is 0.00334. The summed E-state index contributed by atoms with van der Waals surface area (Å²) >= 11 is 0. The summed E-state index contributed by atoms with van der Waals surface area (Å²) < 4.78 is 38.8. The normalized spacial score (nSPS) is 22.8.